The van der Waals surface area contributed by atoms with Crippen molar-refractivity contribution in [2.24, 2.45) is 9.98 Å². The number of hydrogen-bond donors (Lipinski definition) is 0. The van der Waals surface area contributed by atoms with Crippen LogP contribution in [0.2, 0.25) is 0 Å². The maximum atomic E-state index is 4.52. The molecule has 0 fully saturated rings. The standard InChI is InChI=1S/2C11H13N.2BrH/c2*1-8-11(2,3)9-6-4-5-7-10(9)12-8;;/h2*4-7H,1-3H3;2*1H. The molecule has 0 spiro atoms. The number of fused-ring (bicyclic) bond motifs is 2. The normalized spacial score (nSPS) is 17.3. The van der Waals surface area contributed by atoms with Gasteiger partial charge in [0.2, 0.25) is 0 Å². The fourth-order valence-corrected chi connectivity index (χ4v) is 3.23. The maximum absolute atomic E-state index is 4.52. The Morgan fingerprint density at radius 3 is 1.19 bits per heavy atom. The molecule has 0 saturated carbocycles. The van der Waals surface area contributed by atoms with Crippen LogP contribution in [0.4, 0.5) is 11.4 Å². The molecule has 0 radical (unpaired) electrons. The van der Waals surface area contributed by atoms with Gasteiger partial charge in [0, 0.05) is 22.3 Å². The Morgan fingerprint density at radius 2 is 0.885 bits per heavy atom. The molecule has 2 aromatic rings. The fourth-order valence-electron chi connectivity index (χ4n) is 3.23. The Balaban J connectivity index is 0.000000241. The highest BCUT2D eigenvalue weighted by molar-refractivity contribution is 8.93. The van der Waals surface area contributed by atoms with Gasteiger partial charge in [-0.25, -0.2) is 0 Å². The third kappa shape index (κ3) is 3.86. The van der Waals surface area contributed by atoms with E-state index in [9.17, 15) is 0 Å². The lowest BCUT2D eigenvalue weighted by molar-refractivity contribution is 0.733. The molecule has 2 aromatic carbocycles. The minimum Gasteiger partial charge on any atom is -0.257 e. The van der Waals surface area contributed by atoms with Crippen molar-refractivity contribution < 1.29 is 0 Å². The summed E-state index contributed by atoms with van der Waals surface area (Å²) in [4.78, 5) is 9.04. The molecule has 0 N–H and O–H groups in total. The Morgan fingerprint density at radius 1 is 0.577 bits per heavy atom. The third-order valence-electron chi connectivity index (χ3n) is 5.54. The number of aliphatic imine (C=N–C) groups is 2. The first-order valence-electron chi connectivity index (χ1n) is 8.55. The third-order valence-corrected chi connectivity index (χ3v) is 5.54. The van der Waals surface area contributed by atoms with Crippen LogP contribution in [0, 0.1) is 0 Å². The Bertz CT molecular complexity index is 777. The highest BCUT2D eigenvalue weighted by atomic mass is 79.9. The van der Waals surface area contributed by atoms with E-state index in [-0.39, 0.29) is 44.8 Å². The molecule has 0 unspecified atom stereocenters. The molecule has 4 rings (SSSR count). The fraction of sp³-hybridized carbons (Fsp3) is 0.364. The molecule has 0 atom stereocenters. The van der Waals surface area contributed by atoms with E-state index in [0.717, 1.165) is 11.4 Å². The molecule has 26 heavy (non-hydrogen) atoms. The molecular formula is C22H28Br2N2. The van der Waals surface area contributed by atoms with Gasteiger partial charge in [0.25, 0.3) is 0 Å². The molecule has 2 aliphatic rings. The lowest BCUT2D eigenvalue weighted by Gasteiger charge is -2.19. The van der Waals surface area contributed by atoms with Crippen molar-refractivity contribution in [1.82, 2.24) is 0 Å². The van der Waals surface area contributed by atoms with Gasteiger partial charge in [0.05, 0.1) is 11.4 Å². The van der Waals surface area contributed by atoms with Gasteiger partial charge in [-0.1, -0.05) is 64.1 Å². The zero-order valence-electron chi connectivity index (χ0n) is 16.3. The van der Waals surface area contributed by atoms with Gasteiger partial charge in [-0.3, -0.25) is 9.98 Å². The lowest BCUT2D eigenvalue weighted by Crippen LogP contribution is -2.22. The second-order valence-corrected chi connectivity index (χ2v) is 7.68. The van der Waals surface area contributed by atoms with Gasteiger partial charge in [0.15, 0.2) is 0 Å². The lowest BCUT2D eigenvalue weighted by atomic mass is 9.82. The number of hydrogen-bond acceptors (Lipinski definition) is 2. The maximum Gasteiger partial charge on any atom is 0.0670 e. The Kier molecular flexibility index (Phi) is 7.17. The van der Waals surface area contributed by atoms with Crippen LogP contribution in [0.5, 0.6) is 0 Å². The summed E-state index contributed by atoms with van der Waals surface area (Å²) in [7, 11) is 0. The van der Waals surface area contributed by atoms with E-state index in [1.807, 2.05) is 12.1 Å². The number of halogens is 2. The Labute approximate surface area is 178 Å². The summed E-state index contributed by atoms with van der Waals surface area (Å²) < 4.78 is 0. The van der Waals surface area contributed by atoms with E-state index in [2.05, 4.69) is 87.9 Å². The summed E-state index contributed by atoms with van der Waals surface area (Å²) in [5.41, 5.74) is 7.67. The Hall–Kier alpha value is -1.26. The first kappa shape index (κ1) is 22.8. The first-order chi connectivity index (χ1) is 11.2. The summed E-state index contributed by atoms with van der Waals surface area (Å²) in [6.07, 6.45) is 0. The highest BCUT2D eigenvalue weighted by Gasteiger charge is 2.32. The molecule has 2 nitrogen and oxygen atoms in total. The van der Waals surface area contributed by atoms with Crippen LogP contribution in [0.3, 0.4) is 0 Å². The molecule has 2 heterocycles. The molecule has 2 aliphatic heterocycles. The van der Waals surface area contributed by atoms with Crippen LogP contribution in [0.25, 0.3) is 0 Å². The summed E-state index contributed by atoms with van der Waals surface area (Å²) in [5.74, 6) is 0. The van der Waals surface area contributed by atoms with Crippen LogP contribution in [0.15, 0.2) is 58.5 Å². The summed E-state index contributed by atoms with van der Waals surface area (Å²) in [6, 6.07) is 16.7. The number of para-hydroxylation sites is 2. The van der Waals surface area contributed by atoms with Crippen molar-refractivity contribution in [2.75, 3.05) is 0 Å². The van der Waals surface area contributed by atoms with Crippen molar-refractivity contribution >= 4 is 56.8 Å². The predicted octanol–water partition coefficient (Wildman–Crippen LogP) is 7.30. The summed E-state index contributed by atoms with van der Waals surface area (Å²) in [5, 5.41) is 0. The van der Waals surface area contributed by atoms with E-state index in [4.69, 9.17) is 0 Å². The van der Waals surface area contributed by atoms with Gasteiger partial charge in [-0.05, 0) is 37.1 Å². The van der Waals surface area contributed by atoms with Gasteiger partial charge in [-0.15, -0.1) is 34.0 Å². The minimum atomic E-state index is 0. The van der Waals surface area contributed by atoms with E-state index in [0.29, 0.717) is 0 Å². The van der Waals surface area contributed by atoms with Crippen molar-refractivity contribution in [1.29, 1.82) is 0 Å². The van der Waals surface area contributed by atoms with Gasteiger partial charge >= 0.3 is 0 Å². The second kappa shape index (κ2) is 8.18. The molecule has 0 aromatic heterocycles. The second-order valence-electron chi connectivity index (χ2n) is 7.68. The van der Waals surface area contributed by atoms with Gasteiger partial charge in [0.1, 0.15) is 0 Å². The molecule has 0 saturated heterocycles. The average Bonchev–Trinajstić information content (AvgIpc) is 2.92. The zero-order valence-corrected chi connectivity index (χ0v) is 19.8. The molecular weight excluding hydrogens is 452 g/mol. The molecule has 140 valence electrons. The average molecular weight is 480 g/mol. The quantitative estimate of drug-likeness (QED) is 0.378. The SMILES string of the molecule is Br.Br.CC1=Nc2ccccc2C1(C)C.CC1=Nc2ccccc2C1(C)C. The minimum absolute atomic E-state index is 0. The van der Waals surface area contributed by atoms with Crippen LogP contribution in [-0.4, -0.2) is 11.4 Å². The summed E-state index contributed by atoms with van der Waals surface area (Å²) >= 11 is 0. The van der Waals surface area contributed by atoms with E-state index < -0.39 is 0 Å². The predicted molar refractivity (Wildman–Crippen MR) is 125 cm³/mol. The zero-order chi connectivity index (χ0) is 17.5. The molecule has 0 amide bonds. The van der Waals surface area contributed by atoms with Crippen molar-refractivity contribution in [3.8, 4) is 0 Å². The van der Waals surface area contributed by atoms with E-state index in [1.54, 1.807) is 0 Å². The molecule has 0 bridgehead atoms. The van der Waals surface area contributed by atoms with Crippen LogP contribution >= 0.6 is 34.0 Å². The topological polar surface area (TPSA) is 24.7 Å². The highest BCUT2D eigenvalue weighted by Crippen LogP contribution is 2.40. The first-order valence-corrected chi connectivity index (χ1v) is 8.55. The molecule has 0 aliphatic carbocycles. The van der Waals surface area contributed by atoms with E-state index >= 15 is 0 Å². The van der Waals surface area contributed by atoms with Gasteiger partial charge < -0.3 is 0 Å². The van der Waals surface area contributed by atoms with Crippen molar-refractivity contribution in [3.05, 3.63) is 59.7 Å². The number of benzene rings is 2. The van der Waals surface area contributed by atoms with Crippen LogP contribution in [0.1, 0.15) is 52.7 Å². The summed E-state index contributed by atoms with van der Waals surface area (Å²) in [6.45, 7) is 13.1. The van der Waals surface area contributed by atoms with E-state index in [1.165, 1.54) is 22.6 Å². The van der Waals surface area contributed by atoms with Crippen molar-refractivity contribution in [3.63, 3.8) is 0 Å². The van der Waals surface area contributed by atoms with Crippen molar-refractivity contribution in [2.45, 2.75) is 52.4 Å². The van der Waals surface area contributed by atoms with Gasteiger partial charge in [-0.2, -0.15) is 0 Å². The molecule has 4 heteroatoms. The monoisotopic (exact) mass is 478 g/mol. The largest absolute Gasteiger partial charge is 0.257 e. The number of rotatable bonds is 0. The van der Waals surface area contributed by atoms with Crippen LogP contribution < -0.4 is 0 Å². The smallest absolute Gasteiger partial charge is 0.0670 e. The van der Waals surface area contributed by atoms with Crippen LogP contribution in [-0.2, 0) is 10.8 Å². The number of nitrogens with zero attached hydrogens (tertiary/aromatic N) is 2.